The standard InChI is InChI=1S/C15H10F3N3O2/c16-15(17,18)9-23-13-7-10(4-6-21-13)14(22)11(8-19)12-3-1-2-5-20-12/h1-7,11H,9H2. The molecule has 0 spiro atoms. The maximum atomic E-state index is 12.4. The van der Waals surface area contributed by atoms with Crippen molar-refractivity contribution in [3.8, 4) is 11.9 Å². The van der Waals surface area contributed by atoms with Gasteiger partial charge in [-0.2, -0.15) is 18.4 Å². The van der Waals surface area contributed by atoms with E-state index in [2.05, 4.69) is 14.7 Å². The van der Waals surface area contributed by atoms with Crippen LogP contribution in [-0.2, 0) is 0 Å². The van der Waals surface area contributed by atoms with Crippen LogP contribution in [0.5, 0.6) is 5.88 Å². The van der Waals surface area contributed by atoms with Crippen LogP contribution < -0.4 is 4.74 Å². The summed E-state index contributed by atoms with van der Waals surface area (Å²) in [6.45, 7) is -1.51. The zero-order chi connectivity index (χ0) is 16.9. The molecule has 0 bridgehead atoms. The number of carbonyl (C=O) groups excluding carboxylic acids is 1. The van der Waals surface area contributed by atoms with Crippen molar-refractivity contribution >= 4 is 5.78 Å². The second kappa shape index (κ2) is 6.87. The molecule has 0 aliphatic carbocycles. The van der Waals surface area contributed by atoms with E-state index in [-0.39, 0.29) is 17.1 Å². The van der Waals surface area contributed by atoms with Gasteiger partial charge in [-0.3, -0.25) is 9.78 Å². The summed E-state index contributed by atoms with van der Waals surface area (Å²) in [4.78, 5) is 19.9. The molecule has 0 saturated carbocycles. The van der Waals surface area contributed by atoms with Gasteiger partial charge in [0.15, 0.2) is 18.3 Å². The number of nitriles is 1. The topological polar surface area (TPSA) is 75.9 Å². The molecule has 2 heterocycles. The highest BCUT2D eigenvalue weighted by Gasteiger charge is 2.29. The number of pyridine rings is 2. The maximum absolute atomic E-state index is 12.4. The number of alkyl halides is 3. The zero-order valence-electron chi connectivity index (χ0n) is 11.6. The van der Waals surface area contributed by atoms with E-state index in [1.165, 1.54) is 18.3 Å². The number of ketones is 1. The van der Waals surface area contributed by atoms with Gasteiger partial charge in [0.05, 0.1) is 11.8 Å². The van der Waals surface area contributed by atoms with Crippen LogP contribution in [0, 0.1) is 11.3 Å². The van der Waals surface area contributed by atoms with Gasteiger partial charge in [-0.15, -0.1) is 0 Å². The third-order valence-corrected chi connectivity index (χ3v) is 2.78. The van der Waals surface area contributed by atoms with E-state index in [0.29, 0.717) is 0 Å². The number of hydrogen-bond acceptors (Lipinski definition) is 5. The molecule has 0 amide bonds. The number of aromatic nitrogens is 2. The fourth-order valence-corrected chi connectivity index (χ4v) is 1.77. The van der Waals surface area contributed by atoms with Gasteiger partial charge in [0.1, 0.15) is 0 Å². The van der Waals surface area contributed by atoms with Crippen molar-refractivity contribution in [3.63, 3.8) is 0 Å². The van der Waals surface area contributed by atoms with Gasteiger partial charge in [-0.1, -0.05) is 6.07 Å². The number of carbonyl (C=O) groups is 1. The minimum atomic E-state index is -4.51. The van der Waals surface area contributed by atoms with Gasteiger partial charge in [0, 0.05) is 24.0 Å². The van der Waals surface area contributed by atoms with Crippen molar-refractivity contribution in [3.05, 3.63) is 54.0 Å². The van der Waals surface area contributed by atoms with Crippen molar-refractivity contribution in [2.24, 2.45) is 0 Å². The van der Waals surface area contributed by atoms with E-state index in [0.717, 1.165) is 12.3 Å². The molecule has 0 aliphatic heterocycles. The summed E-state index contributed by atoms with van der Waals surface area (Å²) in [5.74, 6) is -2.09. The van der Waals surface area contributed by atoms with E-state index in [1.54, 1.807) is 12.1 Å². The molecule has 1 unspecified atom stereocenters. The molecule has 0 N–H and O–H groups in total. The molecule has 0 fully saturated rings. The Labute approximate surface area is 129 Å². The quantitative estimate of drug-likeness (QED) is 0.792. The Morgan fingerprint density at radius 2 is 2.04 bits per heavy atom. The van der Waals surface area contributed by atoms with Crippen molar-refractivity contribution < 1.29 is 22.7 Å². The predicted molar refractivity (Wildman–Crippen MR) is 72.7 cm³/mol. The highest BCUT2D eigenvalue weighted by Crippen LogP contribution is 2.22. The number of rotatable bonds is 5. The third kappa shape index (κ3) is 4.51. The van der Waals surface area contributed by atoms with Crippen molar-refractivity contribution in [1.82, 2.24) is 9.97 Å². The van der Waals surface area contributed by atoms with Crippen LogP contribution in [0.2, 0.25) is 0 Å². The van der Waals surface area contributed by atoms with Crippen molar-refractivity contribution in [1.29, 1.82) is 5.26 Å². The second-order valence-corrected chi connectivity index (χ2v) is 4.47. The van der Waals surface area contributed by atoms with Crippen molar-refractivity contribution in [2.75, 3.05) is 6.61 Å². The Morgan fingerprint density at radius 3 is 2.65 bits per heavy atom. The van der Waals surface area contributed by atoms with Crippen LogP contribution in [-0.4, -0.2) is 28.5 Å². The lowest BCUT2D eigenvalue weighted by Gasteiger charge is -2.10. The number of Topliss-reactive ketones (excluding diaryl/α,β-unsaturated/α-hetero) is 1. The first kappa shape index (κ1) is 16.4. The van der Waals surface area contributed by atoms with Crippen LogP contribution in [0.4, 0.5) is 13.2 Å². The van der Waals surface area contributed by atoms with Crippen LogP contribution in [0.25, 0.3) is 0 Å². The molecule has 23 heavy (non-hydrogen) atoms. The molecule has 118 valence electrons. The zero-order valence-corrected chi connectivity index (χ0v) is 11.6. The number of nitrogens with zero attached hydrogens (tertiary/aromatic N) is 3. The van der Waals surface area contributed by atoms with Gasteiger partial charge < -0.3 is 4.74 Å². The first-order valence-electron chi connectivity index (χ1n) is 6.41. The van der Waals surface area contributed by atoms with Crippen LogP contribution >= 0.6 is 0 Å². The second-order valence-electron chi connectivity index (χ2n) is 4.47. The monoisotopic (exact) mass is 321 g/mol. The molecule has 0 aromatic carbocycles. The predicted octanol–water partition coefficient (Wildman–Crippen LogP) is 2.91. The molecule has 1 atom stereocenters. The summed E-state index contributed by atoms with van der Waals surface area (Å²) >= 11 is 0. The average molecular weight is 321 g/mol. The fourth-order valence-electron chi connectivity index (χ4n) is 1.77. The summed E-state index contributed by atoms with van der Waals surface area (Å²) in [6.07, 6.45) is -1.92. The van der Waals surface area contributed by atoms with Crippen LogP contribution in [0.1, 0.15) is 22.0 Å². The van der Waals surface area contributed by atoms with Crippen LogP contribution in [0.15, 0.2) is 42.7 Å². The Bertz CT molecular complexity index is 727. The Balaban J connectivity index is 2.21. The minimum absolute atomic E-state index is 0.0226. The largest absolute Gasteiger partial charge is 0.468 e. The third-order valence-electron chi connectivity index (χ3n) is 2.78. The molecule has 8 heteroatoms. The molecule has 2 aromatic rings. The lowest BCUT2D eigenvalue weighted by atomic mass is 9.96. The highest BCUT2D eigenvalue weighted by atomic mass is 19.4. The minimum Gasteiger partial charge on any atom is -0.468 e. The molecular weight excluding hydrogens is 311 g/mol. The van der Waals surface area contributed by atoms with Gasteiger partial charge in [0.25, 0.3) is 0 Å². The summed E-state index contributed by atoms with van der Waals surface area (Å²) in [5, 5.41) is 9.18. The van der Waals surface area contributed by atoms with Crippen LogP contribution in [0.3, 0.4) is 0 Å². The Hall–Kier alpha value is -2.95. The number of halogens is 3. The van der Waals surface area contributed by atoms with E-state index in [9.17, 15) is 23.2 Å². The van der Waals surface area contributed by atoms with E-state index in [1.807, 2.05) is 6.07 Å². The SMILES string of the molecule is N#CC(C(=O)c1ccnc(OCC(F)(F)F)c1)c1ccccn1. The average Bonchev–Trinajstić information content (AvgIpc) is 2.54. The van der Waals surface area contributed by atoms with E-state index < -0.39 is 24.5 Å². The van der Waals surface area contributed by atoms with Gasteiger partial charge in [-0.05, 0) is 18.2 Å². The molecule has 0 saturated heterocycles. The number of ether oxygens (including phenoxy) is 1. The lowest BCUT2D eigenvalue weighted by molar-refractivity contribution is -0.154. The molecule has 2 aromatic heterocycles. The number of hydrogen-bond donors (Lipinski definition) is 0. The van der Waals surface area contributed by atoms with Gasteiger partial charge in [0.2, 0.25) is 5.88 Å². The van der Waals surface area contributed by atoms with E-state index >= 15 is 0 Å². The lowest BCUT2D eigenvalue weighted by Crippen LogP contribution is -2.20. The van der Waals surface area contributed by atoms with Crippen molar-refractivity contribution in [2.45, 2.75) is 12.1 Å². The summed E-state index contributed by atoms with van der Waals surface area (Å²) < 4.78 is 40.9. The normalized spacial score (nSPS) is 12.3. The molecule has 0 radical (unpaired) electrons. The summed E-state index contributed by atoms with van der Waals surface area (Å²) in [7, 11) is 0. The molecule has 5 nitrogen and oxygen atoms in total. The fraction of sp³-hybridized carbons (Fsp3) is 0.200. The first-order chi connectivity index (χ1) is 10.9. The Morgan fingerprint density at radius 1 is 1.26 bits per heavy atom. The first-order valence-corrected chi connectivity index (χ1v) is 6.41. The molecular formula is C15H10F3N3O2. The van der Waals surface area contributed by atoms with Gasteiger partial charge >= 0.3 is 6.18 Å². The summed E-state index contributed by atoms with van der Waals surface area (Å²) in [5.41, 5.74) is 0.281. The highest BCUT2D eigenvalue weighted by molar-refractivity contribution is 6.02. The summed E-state index contributed by atoms with van der Waals surface area (Å²) in [6, 6.07) is 9.00. The maximum Gasteiger partial charge on any atom is 0.422 e. The van der Waals surface area contributed by atoms with E-state index in [4.69, 9.17) is 0 Å². The smallest absolute Gasteiger partial charge is 0.422 e. The Kier molecular flexibility index (Phi) is 4.91. The molecule has 0 aliphatic rings. The van der Waals surface area contributed by atoms with Gasteiger partial charge in [-0.25, -0.2) is 4.98 Å². The molecule has 2 rings (SSSR count).